The van der Waals surface area contributed by atoms with Crippen LogP contribution in [0.15, 0.2) is 48.5 Å². The molecule has 0 fully saturated rings. The van der Waals surface area contributed by atoms with Crippen LogP contribution in [0.25, 0.3) is 11.1 Å². The molecule has 4 nitrogen and oxygen atoms in total. The van der Waals surface area contributed by atoms with Gasteiger partial charge in [-0.1, -0.05) is 48.5 Å². The zero-order chi connectivity index (χ0) is 19.7. The molecular weight excluding hydrogens is 336 g/mol. The van der Waals surface area contributed by atoms with E-state index in [4.69, 9.17) is 10.5 Å². The average Bonchev–Trinajstić information content (AvgIpc) is 2.61. The van der Waals surface area contributed by atoms with Gasteiger partial charge in [0, 0.05) is 6.54 Å². The summed E-state index contributed by atoms with van der Waals surface area (Å²) >= 11 is 0. The molecule has 4 heteroatoms. The predicted octanol–water partition coefficient (Wildman–Crippen LogP) is 4.70. The second-order valence-corrected chi connectivity index (χ2v) is 7.82. The highest BCUT2D eigenvalue weighted by molar-refractivity contribution is 5.67. The second kappa shape index (κ2) is 10.1. The highest BCUT2D eigenvalue weighted by atomic mass is 16.6. The average molecular weight is 369 g/mol. The molecule has 0 aliphatic rings. The Labute approximate surface area is 163 Å². The SMILES string of the molecule is CC(C)(C)OC(=O)NCCCCc1ccc(-c2ccc(CCN)cc2)cc1. The quantitative estimate of drug-likeness (QED) is 0.664. The van der Waals surface area contributed by atoms with Crippen molar-refractivity contribution in [2.24, 2.45) is 5.73 Å². The molecule has 0 saturated carbocycles. The Morgan fingerprint density at radius 2 is 1.41 bits per heavy atom. The minimum Gasteiger partial charge on any atom is -0.444 e. The number of nitrogens with one attached hydrogen (secondary N) is 1. The summed E-state index contributed by atoms with van der Waals surface area (Å²) in [6.07, 6.45) is 3.55. The summed E-state index contributed by atoms with van der Waals surface area (Å²) in [6, 6.07) is 17.3. The first kappa shape index (κ1) is 21.0. The number of ether oxygens (including phenoxy) is 1. The standard InChI is InChI=1S/C23H32N2O2/c1-23(2,3)27-22(26)25-17-5-4-6-18-7-11-20(12-8-18)21-13-9-19(10-14-21)15-16-24/h7-14H,4-6,15-17,24H2,1-3H3,(H,25,26). The fourth-order valence-electron chi connectivity index (χ4n) is 2.85. The lowest BCUT2D eigenvalue weighted by Crippen LogP contribution is -2.33. The molecule has 0 heterocycles. The van der Waals surface area contributed by atoms with E-state index in [0.29, 0.717) is 13.1 Å². The molecule has 27 heavy (non-hydrogen) atoms. The van der Waals surface area contributed by atoms with E-state index in [-0.39, 0.29) is 6.09 Å². The molecule has 3 N–H and O–H groups in total. The Morgan fingerprint density at radius 1 is 0.889 bits per heavy atom. The van der Waals surface area contributed by atoms with Crippen LogP contribution in [-0.2, 0) is 17.6 Å². The van der Waals surface area contributed by atoms with Gasteiger partial charge in [-0.15, -0.1) is 0 Å². The van der Waals surface area contributed by atoms with E-state index < -0.39 is 5.60 Å². The topological polar surface area (TPSA) is 64.3 Å². The van der Waals surface area contributed by atoms with Crippen LogP contribution in [0.4, 0.5) is 4.79 Å². The minimum atomic E-state index is -0.448. The number of nitrogens with two attached hydrogens (primary N) is 1. The van der Waals surface area contributed by atoms with E-state index in [1.165, 1.54) is 22.3 Å². The zero-order valence-electron chi connectivity index (χ0n) is 16.8. The third-order valence-corrected chi connectivity index (χ3v) is 4.23. The van der Waals surface area contributed by atoms with Crippen LogP contribution in [0, 0.1) is 0 Å². The maximum atomic E-state index is 11.6. The monoisotopic (exact) mass is 368 g/mol. The van der Waals surface area contributed by atoms with E-state index in [1.807, 2.05) is 20.8 Å². The minimum absolute atomic E-state index is 0.343. The van der Waals surface area contributed by atoms with Crippen LogP contribution in [-0.4, -0.2) is 24.8 Å². The van der Waals surface area contributed by atoms with Gasteiger partial charge in [-0.2, -0.15) is 0 Å². The van der Waals surface area contributed by atoms with Crippen molar-refractivity contribution in [3.63, 3.8) is 0 Å². The summed E-state index contributed by atoms with van der Waals surface area (Å²) in [5.41, 5.74) is 10.2. The van der Waals surface area contributed by atoms with Crippen molar-refractivity contribution in [1.82, 2.24) is 5.32 Å². The Bertz CT molecular complexity index is 701. The van der Waals surface area contributed by atoms with Crippen molar-refractivity contribution in [3.05, 3.63) is 59.7 Å². The molecule has 0 aromatic heterocycles. The number of amides is 1. The smallest absolute Gasteiger partial charge is 0.407 e. The molecule has 0 bridgehead atoms. The van der Waals surface area contributed by atoms with E-state index >= 15 is 0 Å². The number of hydrogen-bond donors (Lipinski definition) is 2. The lowest BCUT2D eigenvalue weighted by molar-refractivity contribution is 0.0527. The Morgan fingerprint density at radius 3 is 1.89 bits per heavy atom. The number of rotatable bonds is 8. The molecule has 0 saturated heterocycles. The van der Waals surface area contributed by atoms with Gasteiger partial charge in [0.05, 0.1) is 0 Å². The summed E-state index contributed by atoms with van der Waals surface area (Å²) in [5.74, 6) is 0. The van der Waals surface area contributed by atoms with Crippen molar-refractivity contribution in [1.29, 1.82) is 0 Å². The van der Waals surface area contributed by atoms with Gasteiger partial charge in [0.1, 0.15) is 5.60 Å². The Balaban J connectivity index is 1.73. The Hall–Kier alpha value is -2.33. The number of aryl methyl sites for hydroxylation is 1. The molecule has 0 spiro atoms. The van der Waals surface area contributed by atoms with Crippen LogP contribution in [0.1, 0.15) is 44.7 Å². The van der Waals surface area contributed by atoms with Crippen molar-refractivity contribution >= 4 is 6.09 Å². The highest BCUT2D eigenvalue weighted by Crippen LogP contribution is 2.21. The summed E-state index contributed by atoms with van der Waals surface area (Å²) in [4.78, 5) is 11.6. The maximum absolute atomic E-state index is 11.6. The van der Waals surface area contributed by atoms with Crippen LogP contribution in [0.2, 0.25) is 0 Å². The lowest BCUT2D eigenvalue weighted by atomic mass is 10.00. The first-order chi connectivity index (χ1) is 12.9. The number of benzene rings is 2. The van der Waals surface area contributed by atoms with Gasteiger partial charge in [0.2, 0.25) is 0 Å². The van der Waals surface area contributed by atoms with E-state index in [2.05, 4.69) is 53.8 Å². The molecule has 1 amide bonds. The molecule has 0 aliphatic heterocycles. The summed E-state index contributed by atoms with van der Waals surface area (Å²) in [6.45, 7) is 6.92. The van der Waals surface area contributed by atoms with Gasteiger partial charge in [-0.3, -0.25) is 0 Å². The molecule has 2 aromatic rings. The van der Waals surface area contributed by atoms with Gasteiger partial charge >= 0.3 is 6.09 Å². The fraction of sp³-hybridized carbons (Fsp3) is 0.435. The molecule has 0 aliphatic carbocycles. The molecule has 0 unspecified atom stereocenters. The van der Waals surface area contributed by atoms with Gasteiger partial charge in [0.25, 0.3) is 0 Å². The van der Waals surface area contributed by atoms with Gasteiger partial charge in [-0.05, 0) is 75.3 Å². The fourth-order valence-corrected chi connectivity index (χ4v) is 2.85. The predicted molar refractivity (Wildman–Crippen MR) is 112 cm³/mol. The number of hydrogen-bond acceptors (Lipinski definition) is 3. The first-order valence-corrected chi connectivity index (χ1v) is 9.72. The van der Waals surface area contributed by atoms with Crippen molar-refractivity contribution < 1.29 is 9.53 Å². The van der Waals surface area contributed by atoms with Crippen molar-refractivity contribution in [2.45, 2.75) is 52.1 Å². The van der Waals surface area contributed by atoms with Crippen molar-refractivity contribution in [2.75, 3.05) is 13.1 Å². The van der Waals surface area contributed by atoms with Crippen LogP contribution in [0.3, 0.4) is 0 Å². The number of carbonyl (C=O) groups excluding carboxylic acids is 1. The molecular formula is C23H32N2O2. The van der Waals surface area contributed by atoms with Gasteiger partial charge in [0.15, 0.2) is 0 Å². The van der Waals surface area contributed by atoms with E-state index in [9.17, 15) is 4.79 Å². The maximum Gasteiger partial charge on any atom is 0.407 e. The largest absolute Gasteiger partial charge is 0.444 e. The molecule has 2 aromatic carbocycles. The van der Waals surface area contributed by atoms with E-state index in [0.717, 1.165) is 25.7 Å². The normalized spacial score (nSPS) is 11.3. The van der Waals surface area contributed by atoms with Gasteiger partial charge < -0.3 is 15.8 Å². The molecule has 0 atom stereocenters. The highest BCUT2D eigenvalue weighted by Gasteiger charge is 2.15. The van der Waals surface area contributed by atoms with Crippen LogP contribution >= 0.6 is 0 Å². The lowest BCUT2D eigenvalue weighted by Gasteiger charge is -2.19. The number of alkyl carbamates (subject to hydrolysis) is 1. The summed E-state index contributed by atoms with van der Waals surface area (Å²) in [7, 11) is 0. The van der Waals surface area contributed by atoms with Crippen LogP contribution < -0.4 is 11.1 Å². The second-order valence-electron chi connectivity index (χ2n) is 7.82. The Kier molecular flexibility index (Phi) is 7.86. The molecule has 146 valence electrons. The third-order valence-electron chi connectivity index (χ3n) is 4.23. The number of carbonyl (C=O) groups is 1. The van der Waals surface area contributed by atoms with Gasteiger partial charge in [-0.25, -0.2) is 4.79 Å². The van der Waals surface area contributed by atoms with Crippen LogP contribution in [0.5, 0.6) is 0 Å². The first-order valence-electron chi connectivity index (χ1n) is 9.72. The summed E-state index contributed by atoms with van der Waals surface area (Å²) < 4.78 is 5.22. The van der Waals surface area contributed by atoms with Crippen molar-refractivity contribution in [3.8, 4) is 11.1 Å². The number of unbranched alkanes of at least 4 members (excludes halogenated alkanes) is 1. The summed E-state index contributed by atoms with van der Waals surface area (Å²) in [5, 5.41) is 2.80. The molecule has 2 rings (SSSR count). The third kappa shape index (κ3) is 7.83. The zero-order valence-corrected chi connectivity index (χ0v) is 16.8. The van der Waals surface area contributed by atoms with E-state index in [1.54, 1.807) is 0 Å². The molecule has 0 radical (unpaired) electrons.